The van der Waals surface area contributed by atoms with E-state index in [2.05, 4.69) is 71.9 Å². The Labute approximate surface area is 106 Å². The monoisotopic (exact) mass is 228 g/mol. The molecule has 0 amide bonds. The van der Waals surface area contributed by atoms with Gasteiger partial charge in [0, 0.05) is 5.92 Å². The van der Waals surface area contributed by atoms with Crippen LogP contribution in [0.25, 0.3) is 0 Å². The SMILES string of the molecule is C/C=C(C)\C=C(\C)C(C)c1ccc(C)cc1C. The molecule has 1 aromatic rings. The summed E-state index contributed by atoms with van der Waals surface area (Å²) in [6.45, 7) is 13.1. The van der Waals surface area contributed by atoms with Crippen LogP contribution in [0.15, 0.2) is 41.5 Å². The first-order valence-corrected chi connectivity index (χ1v) is 6.34. The fourth-order valence-corrected chi connectivity index (χ4v) is 2.12. The summed E-state index contributed by atoms with van der Waals surface area (Å²) in [4.78, 5) is 0. The van der Waals surface area contributed by atoms with Gasteiger partial charge < -0.3 is 0 Å². The smallest absolute Gasteiger partial charge is 0.00228 e. The van der Waals surface area contributed by atoms with Gasteiger partial charge in [-0.1, -0.05) is 54.0 Å². The number of hydrogen-bond donors (Lipinski definition) is 0. The summed E-state index contributed by atoms with van der Waals surface area (Å²) in [7, 11) is 0. The molecular formula is C17H24. The van der Waals surface area contributed by atoms with Crippen molar-refractivity contribution in [3.8, 4) is 0 Å². The van der Waals surface area contributed by atoms with E-state index < -0.39 is 0 Å². The zero-order valence-corrected chi connectivity index (χ0v) is 12.0. The Morgan fingerprint density at radius 3 is 2.35 bits per heavy atom. The molecule has 1 rings (SSSR count). The van der Waals surface area contributed by atoms with Crippen LogP contribution in [-0.2, 0) is 0 Å². The molecule has 0 bridgehead atoms. The Bertz CT molecular complexity index is 447. The van der Waals surface area contributed by atoms with Crippen LogP contribution >= 0.6 is 0 Å². The van der Waals surface area contributed by atoms with Crippen molar-refractivity contribution >= 4 is 0 Å². The Hall–Kier alpha value is -1.30. The lowest BCUT2D eigenvalue weighted by atomic mass is 9.89. The van der Waals surface area contributed by atoms with E-state index in [1.165, 1.54) is 27.8 Å². The third kappa shape index (κ3) is 3.59. The van der Waals surface area contributed by atoms with Crippen molar-refractivity contribution in [2.24, 2.45) is 0 Å². The maximum atomic E-state index is 2.28. The Morgan fingerprint density at radius 2 is 1.82 bits per heavy atom. The second-order valence-corrected chi connectivity index (χ2v) is 5.00. The van der Waals surface area contributed by atoms with E-state index in [0.717, 1.165) is 0 Å². The third-order valence-corrected chi connectivity index (χ3v) is 3.49. The molecule has 92 valence electrons. The van der Waals surface area contributed by atoms with Crippen LogP contribution in [0.5, 0.6) is 0 Å². The zero-order valence-electron chi connectivity index (χ0n) is 12.0. The zero-order chi connectivity index (χ0) is 13.0. The predicted molar refractivity (Wildman–Crippen MR) is 77.5 cm³/mol. The number of aryl methyl sites for hydroxylation is 2. The van der Waals surface area contributed by atoms with E-state index in [0.29, 0.717) is 5.92 Å². The van der Waals surface area contributed by atoms with Gasteiger partial charge in [-0.15, -0.1) is 0 Å². The van der Waals surface area contributed by atoms with Gasteiger partial charge in [-0.25, -0.2) is 0 Å². The van der Waals surface area contributed by atoms with Crippen molar-refractivity contribution in [1.82, 2.24) is 0 Å². The lowest BCUT2D eigenvalue weighted by molar-refractivity contribution is 0.880. The topological polar surface area (TPSA) is 0 Å². The minimum absolute atomic E-state index is 0.491. The van der Waals surface area contributed by atoms with Crippen molar-refractivity contribution in [1.29, 1.82) is 0 Å². The molecule has 1 unspecified atom stereocenters. The minimum atomic E-state index is 0.491. The number of benzene rings is 1. The van der Waals surface area contributed by atoms with Crippen LogP contribution in [0.4, 0.5) is 0 Å². The van der Waals surface area contributed by atoms with Gasteiger partial charge in [0.15, 0.2) is 0 Å². The molecule has 0 aliphatic rings. The van der Waals surface area contributed by atoms with Crippen molar-refractivity contribution in [3.63, 3.8) is 0 Å². The molecule has 0 saturated carbocycles. The summed E-state index contributed by atoms with van der Waals surface area (Å²) in [5.74, 6) is 0.491. The van der Waals surface area contributed by atoms with Gasteiger partial charge in [-0.2, -0.15) is 0 Å². The largest absolute Gasteiger partial charge is 0.0847 e. The predicted octanol–water partition coefficient (Wildman–Crippen LogP) is 5.32. The number of rotatable bonds is 3. The summed E-state index contributed by atoms with van der Waals surface area (Å²) in [5.41, 5.74) is 6.92. The van der Waals surface area contributed by atoms with Gasteiger partial charge in [-0.05, 0) is 45.7 Å². The first-order chi connectivity index (χ1) is 7.95. The average Bonchev–Trinajstić information content (AvgIpc) is 2.28. The molecule has 1 aromatic carbocycles. The van der Waals surface area contributed by atoms with Gasteiger partial charge in [0.25, 0.3) is 0 Å². The molecule has 0 heterocycles. The average molecular weight is 228 g/mol. The molecule has 0 nitrogen and oxygen atoms in total. The van der Waals surface area contributed by atoms with Crippen LogP contribution in [0.3, 0.4) is 0 Å². The number of hydrogen-bond acceptors (Lipinski definition) is 0. The molecule has 0 aliphatic carbocycles. The Balaban J connectivity index is 3.04. The van der Waals surface area contributed by atoms with Gasteiger partial charge in [0.05, 0.1) is 0 Å². The van der Waals surface area contributed by atoms with E-state index in [4.69, 9.17) is 0 Å². The van der Waals surface area contributed by atoms with Gasteiger partial charge >= 0.3 is 0 Å². The maximum absolute atomic E-state index is 2.28. The van der Waals surface area contributed by atoms with Crippen LogP contribution in [0.1, 0.15) is 50.3 Å². The molecule has 0 N–H and O–H groups in total. The van der Waals surface area contributed by atoms with Gasteiger partial charge in [0.1, 0.15) is 0 Å². The lowest BCUT2D eigenvalue weighted by Gasteiger charge is -2.16. The lowest BCUT2D eigenvalue weighted by Crippen LogP contribution is -1.99. The quantitative estimate of drug-likeness (QED) is 0.614. The summed E-state index contributed by atoms with van der Waals surface area (Å²) >= 11 is 0. The molecule has 0 radical (unpaired) electrons. The third-order valence-electron chi connectivity index (χ3n) is 3.49. The molecule has 1 atom stereocenters. The number of allylic oxidation sites excluding steroid dienone is 4. The van der Waals surface area contributed by atoms with E-state index in [-0.39, 0.29) is 0 Å². The highest BCUT2D eigenvalue weighted by atomic mass is 14.1. The molecule has 0 fully saturated rings. The molecule has 0 aliphatic heterocycles. The van der Waals surface area contributed by atoms with E-state index in [1.54, 1.807) is 0 Å². The fraction of sp³-hybridized carbons (Fsp3) is 0.412. The summed E-state index contributed by atoms with van der Waals surface area (Å²) in [6, 6.07) is 6.73. The first kappa shape index (κ1) is 13.8. The highest BCUT2D eigenvalue weighted by Crippen LogP contribution is 2.27. The second-order valence-electron chi connectivity index (χ2n) is 5.00. The van der Waals surface area contributed by atoms with E-state index in [1.807, 2.05) is 0 Å². The summed E-state index contributed by atoms with van der Waals surface area (Å²) < 4.78 is 0. The standard InChI is InChI=1S/C17H24/c1-7-12(2)10-14(4)16(6)17-9-8-13(3)11-15(17)5/h7-11,16H,1-6H3/b12-7-,14-10-. The Kier molecular flexibility index (Phi) is 4.74. The van der Waals surface area contributed by atoms with Gasteiger partial charge in [-0.3, -0.25) is 0 Å². The van der Waals surface area contributed by atoms with Crippen molar-refractivity contribution in [3.05, 3.63) is 58.2 Å². The van der Waals surface area contributed by atoms with Crippen molar-refractivity contribution < 1.29 is 0 Å². The maximum Gasteiger partial charge on any atom is 0.00228 e. The van der Waals surface area contributed by atoms with Crippen LogP contribution in [0, 0.1) is 13.8 Å². The first-order valence-electron chi connectivity index (χ1n) is 6.34. The van der Waals surface area contributed by atoms with Gasteiger partial charge in [0.2, 0.25) is 0 Å². The molecule has 0 heteroatoms. The Morgan fingerprint density at radius 1 is 1.18 bits per heavy atom. The van der Waals surface area contributed by atoms with Crippen molar-refractivity contribution in [2.45, 2.75) is 47.5 Å². The molecular weight excluding hydrogens is 204 g/mol. The highest BCUT2D eigenvalue weighted by molar-refractivity contribution is 5.38. The second kappa shape index (κ2) is 5.86. The normalized spacial score (nSPS) is 14.9. The fourth-order valence-electron chi connectivity index (χ4n) is 2.12. The molecule has 0 spiro atoms. The minimum Gasteiger partial charge on any atom is -0.0847 e. The summed E-state index contributed by atoms with van der Waals surface area (Å²) in [6.07, 6.45) is 4.43. The van der Waals surface area contributed by atoms with E-state index >= 15 is 0 Å². The van der Waals surface area contributed by atoms with Crippen molar-refractivity contribution in [2.75, 3.05) is 0 Å². The van der Waals surface area contributed by atoms with Crippen LogP contribution < -0.4 is 0 Å². The molecule has 0 saturated heterocycles. The summed E-state index contributed by atoms with van der Waals surface area (Å²) in [5, 5.41) is 0. The highest BCUT2D eigenvalue weighted by Gasteiger charge is 2.10. The molecule has 17 heavy (non-hydrogen) atoms. The van der Waals surface area contributed by atoms with Crippen LogP contribution in [0.2, 0.25) is 0 Å². The molecule has 0 aromatic heterocycles. The van der Waals surface area contributed by atoms with Crippen LogP contribution in [-0.4, -0.2) is 0 Å². The van der Waals surface area contributed by atoms with E-state index in [9.17, 15) is 0 Å².